The van der Waals surface area contributed by atoms with E-state index < -0.39 is 33.8 Å². The minimum absolute atomic E-state index is 0.0639. The van der Waals surface area contributed by atoms with E-state index in [-0.39, 0.29) is 46.1 Å². The van der Waals surface area contributed by atoms with Crippen molar-refractivity contribution in [2.45, 2.75) is 195 Å². The number of aliphatic hydroxyl groups is 2. The number of fused-ring (bicyclic) bond motifs is 16. The number of likely N-dealkylation sites (tertiary alicyclic amines) is 1. The van der Waals surface area contributed by atoms with Crippen molar-refractivity contribution in [3.8, 4) is 44.5 Å². The van der Waals surface area contributed by atoms with E-state index in [1.54, 1.807) is 35.7 Å². The largest absolute Gasteiger partial charge is 0.382 e. The highest BCUT2D eigenvalue weighted by atomic mass is 32.2. The normalized spacial score (nSPS) is 21.1. The maximum Gasteiger partial charge on any atom is 0.194 e. The molecule has 2 heterocycles. The molecule has 2 atom stereocenters. The number of benzene rings is 8. The standard InChI is InChI=1S/C49H56N2O3S2.C40H42O4/c1-46(2,50-22-8-7-9-23-50)44(52)32-10-14-36-38-16-12-34(55-5)30-42(38)48(40(36)28-32)18-20-49(21-19-48)41-29-33(45(53)47(3,4)51-24-26-54-27-25-51)11-15-37(41)39-17-13-35(56-6)31-43(39)49;1-23-9-13-27-29-15-11-25(21-33(29)37(3,4)31(27)19-23)35(41)39(7,43)17-18-40(8,44)36(42)26-12-16-30-28-14-10-24(2)20-32(28)38(5,6)34(30)22-26/h10-17,28-31H,7-9,18-27H2,1-6H3;9-16,19-22,43-44H,17-18H2,1-8H3. The third-order valence-electron chi connectivity index (χ3n) is 24.9. The van der Waals surface area contributed by atoms with Gasteiger partial charge >= 0.3 is 0 Å². The van der Waals surface area contributed by atoms with Gasteiger partial charge in [-0.3, -0.25) is 29.0 Å². The van der Waals surface area contributed by atoms with Gasteiger partial charge in [0.15, 0.2) is 23.1 Å². The summed E-state index contributed by atoms with van der Waals surface area (Å²) in [7, 11) is 0. The molecule has 2 unspecified atom stereocenters. The lowest BCUT2D eigenvalue weighted by Gasteiger charge is -2.46. The van der Waals surface area contributed by atoms with Gasteiger partial charge in [0.05, 0.1) is 24.3 Å². The second-order valence-electron chi connectivity index (χ2n) is 32.5. The summed E-state index contributed by atoms with van der Waals surface area (Å²) in [6, 6.07) is 51.5. The van der Waals surface area contributed by atoms with Crippen LogP contribution in [-0.4, -0.2) is 117 Å². The third-order valence-corrected chi connectivity index (χ3v) is 26.4. The van der Waals surface area contributed by atoms with Gasteiger partial charge in [0, 0.05) is 66.8 Å². The molecule has 2 aliphatic heterocycles. The molecule has 0 aromatic heterocycles. The fourth-order valence-electron chi connectivity index (χ4n) is 18.6. The monoisotopic (exact) mass is 1370 g/mol. The summed E-state index contributed by atoms with van der Waals surface area (Å²) in [5, 5.41) is 22.8. The minimum atomic E-state index is -1.76. The highest BCUT2D eigenvalue weighted by Crippen LogP contribution is 2.65. The van der Waals surface area contributed by atoms with Gasteiger partial charge in [-0.05, 0) is 270 Å². The molecule has 8 aromatic carbocycles. The van der Waals surface area contributed by atoms with Crippen molar-refractivity contribution in [2.75, 3.05) is 51.9 Å². The molecule has 3 fully saturated rings. The highest BCUT2D eigenvalue weighted by Gasteiger charge is 2.55. The molecule has 0 amide bonds. The molecule has 5 aliphatic carbocycles. The second-order valence-corrected chi connectivity index (χ2v) is 34.3. The SMILES string of the molecule is CSc1ccc2c(c1)C1(CCC3(CC1)c1cc(SC)ccc1-c1ccc(C(=O)C(C)(C)N4CCOCC4)cc13)c1cc(C(=O)C(C)(C)N3CCCCC3)ccc1-2.Cc1ccc2c(c1)C(C)(C)c1cc(C(=O)C(C)(O)CCC(C)(O)C(=O)c3ccc4c(c3)C(C)(C)c3cc(C)ccc3-4)ccc1-2. The maximum absolute atomic E-state index is 14.5. The van der Waals surface area contributed by atoms with Crippen molar-refractivity contribution in [3.63, 3.8) is 0 Å². The summed E-state index contributed by atoms with van der Waals surface area (Å²) in [5.74, 6) is -0.429. The van der Waals surface area contributed by atoms with Gasteiger partial charge in [0.1, 0.15) is 11.2 Å². The van der Waals surface area contributed by atoms with E-state index in [9.17, 15) is 29.4 Å². The number of piperidine rings is 1. The lowest BCUT2D eigenvalue weighted by molar-refractivity contribution is -0.00430. The second kappa shape index (κ2) is 25.4. The van der Waals surface area contributed by atoms with Crippen molar-refractivity contribution in [1.29, 1.82) is 0 Å². The van der Waals surface area contributed by atoms with Crippen LogP contribution in [0.1, 0.15) is 224 Å². The number of rotatable bonds is 15. The third kappa shape index (κ3) is 11.4. The number of morpholine rings is 1. The van der Waals surface area contributed by atoms with Crippen LogP contribution in [0.4, 0.5) is 0 Å². The molecule has 518 valence electrons. The Morgan fingerprint density at radius 1 is 0.390 bits per heavy atom. The fraction of sp³-hybridized carbons (Fsp3) is 0.416. The Morgan fingerprint density at radius 3 is 1.04 bits per heavy atom. The van der Waals surface area contributed by atoms with Crippen LogP contribution in [0.3, 0.4) is 0 Å². The van der Waals surface area contributed by atoms with Crippen LogP contribution in [-0.2, 0) is 26.4 Å². The first-order valence-corrected chi connectivity index (χ1v) is 38.8. The Balaban J connectivity index is 0.000000175. The molecule has 15 rings (SSSR count). The number of hydrogen-bond acceptors (Lipinski definition) is 11. The van der Waals surface area contributed by atoms with Gasteiger partial charge < -0.3 is 14.9 Å². The van der Waals surface area contributed by atoms with Crippen molar-refractivity contribution in [1.82, 2.24) is 9.80 Å². The number of hydrogen-bond donors (Lipinski definition) is 2. The highest BCUT2D eigenvalue weighted by molar-refractivity contribution is 7.98. The molecular weight excluding hydrogens is 1270 g/mol. The van der Waals surface area contributed by atoms with Crippen LogP contribution in [0.15, 0.2) is 155 Å². The molecule has 8 aromatic rings. The average molecular weight is 1370 g/mol. The van der Waals surface area contributed by atoms with Crippen LogP contribution >= 0.6 is 23.5 Å². The lowest BCUT2D eigenvalue weighted by Crippen LogP contribution is -2.54. The smallest absolute Gasteiger partial charge is 0.194 e. The van der Waals surface area contributed by atoms with Crippen molar-refractivity contribution in [3.05, 3.63) is 223 Å². The minimum Gasteiger partial charge on any atom is -0.382 e. The molecule has 7 aliphatic rings. The van der Waals surface area contributed by atoms with Crippen LogP contribution < -0.4 is 0 Å². The van der Waals surface area contributed by atoms with Gasteiger partial charge in [0.25, 0.3) is 0 Å². The Kier molecular flexibility index (Phi) is 17.8. The molecule has 0 radical (unpaired) electrons. The van der Waals surface area contributed by atoms with E-state index in [0.29, 0.717) is 24.3 Å². The van der Waals surface area contributed by atoms with Crippen LogP contribution in [0.25, 0.3) is 44.5 Å². The Labute approximate surface area is 601 Å². The van der Waals surface area contributed by atoms with E-state index in [2.05, 4.69) is 201 Å². The molecule has 9 nitrogen and oxygen atoms in total. The predicted molar refractivity (Wildman–Crippen MR) is 409 cm³/mol. The summed E-state index contributed by atoms with van der Waals surface area (Å²) in [6.45, 7) is 29.0. The van der Waals surface area contributed by atoms with Gasteiger partial charge in [-0.2, -0.15) is 0 Å². The molecule has 2 spiro atoms. The van der Waals surface area contributed by atoms with Gasteiger partial charge in [-0.25, -0.2) is 0 Å². The van der Waals surface area contributed by atoms with Crippen molar-refractivity contribution < 1.29 is 34.1 Å². The van der Waals surface area contributed by atoms with E-state index in [0.717, 1.165) is 98.1 Å². The number of nitrogens with zero attached hydrogens (tertiary/aromatic N) is 2. The fourth-order valence-corrected chi connectivity index (χ4v) is 19.4. The van der Waals surface area contributed by atoms with Crippen LogP contribution in [0, 0.1) is 13.8 Å². The molecule has 1 saturated carbocycles. The van der Waals surface area contributed by atoms with E-state index in [1.165, 1.54) is 108 Å². The molecular formula is C89H98N2O7S2. The zero-order chi connectivity index (χ0) is 71.0. The summed E-state index contributed by atoms with van der Waals surface area (Å²) in [4.78, 5) is 63.6. The number of Topliss-reactive ketones (excluding diaryl/α,β-unsaturated/α-hetero) is 4. The van der Waals surface area contributed by atoms with E-state index >= 15 is 0 Å². The summed E-state index contributed by atoms with van der Waals surface area (Å²) in [6.07, 6.45) is 11.6. The van der Waals surface area contributed by atoms with E-state index in [1.807, 2.05) is 24.3 Å². The molecule has 100 heavy (non-hydrogen) atoms. The Hall–Kier alpha value is -7.06. The predicted octanol–water partition coefficient (Wildman–Crippen LogP) is 18.9. The van der Waals surface area contributed by atoms with Gasteiger partial charge in [0.2, 0.25) is 0 Å². The van der Waals surface area contributed by atoms with E-state index in [4.69, 9.17) is 4.74 Å². The quantitative estimate of drug-likeness (QED) is 0.0753. The first kappa shape index (κ1) is 70.0. The average Bonchev–Trinajstić information content (AvgIpc) is 1.53. The first-order chi connectivity index (χ1) is 47.4. The number of thioether (sulfide) groups is 2. The van der Waals surface area contributed by atoms with Crippen molar-refractivity contribution in [2.24, 2.45) is 0 Å². The Morgan fingerprint density at radius 2 is 0.680 bits per heavy atom. The lowest BCUT2D eigenvalue weighted by atomic mass is 9.57. The number of aryl methyl sites for hydroxylation is 2. The number of carbonyl (C=O) groups is 4. The molecule has 0 bridgehead atoms. The van der Waals surface area contributed by atoms with Gasteiger partial charge in [-0.1, -0.05) is 142 Å². The maximum atomic E-state index is 14.5. The number of carbonyl (C=O) groups excluding carboxylic acids is 4. The molecule has 2 saturated heterocycles. The zero-order valence-corrected chi connectivity index (χ0v) is 62.7. The summed E-state index contributed by atoms with van der Waals surface area (Å²) in [5.41, 5.74) is 19.0. The first-order valence-electron chi connectivity index (χ1n) is 36.3. The molecule has 2 N–H and O–H groups in total. The van der Waals surface area contributed by atoms with Crippen LogP contribution in [0.2, 0.25) is 0 Å². The summed E-state index contributed by atoms with van der Waals surface area (Å²) < 4.78 is 5.65. The molecule has 11 heteroatoms. The number of ether oxygens (including phenoxy) is 1. The topological polar surface area (TPSA) is 124 Å². The Bertz CT molecular complexity index is 4380. The van der Waals surface area contributed by atoms with Gasteiger partial charge in [-0.15, -0.1) is 23.5 Å². The van der Waals surface area contributed by atoms with Crippen molar-refractivity contribution >= 4 is 46.7 Å². The number of ketones is 4. The van der Waals surface area contributed by atoms with Crippen LogP contribution in [0.5, 0.6) is 0 Å². The summed E-state index contributed by atoms with van der Waals surface area (Å²) >= 11 is 3.61. The zero-order valence-electron chi connectivity index (χ0n) is 61.1.